The van der Waals surface area contributed by atoms with Crippen LogP contribution in [0.5, 0.6) is 11.5 Å². The first-order valence-corrected chi connectivity index (χ1v) is 12.6. The summed E-state index contributed by atoms with van der Waals surface area (Å²) >= 11 is 0. The first kappa shape index (κ1) is 21.2. The molecule has 174 valence electrons. The summed E-state index contributed by atoms with van der Waals surface area (Å²) in [5, 5.41) is 0. The van der Waals surface area contributed by atoms with Crippen LogP contribution in [-0.4, -0.2) is 43.5 Å². The predicted octanol–water partition coefficient (Wildman–Crippen LogP) is 4.96. The van der Waals surface area contributed by atoms with E-state index in [-0.39, 0.29) is 16.9 Å². The Balaban J connectivity index is 1.31. The Bertz CT molecular complexity index is 1080. The Morgan fingerprint density at radius 2 is 1.97 bits per heavy atom. The van der Waals surface area contributed by atoms with E-state index in [9.17, 15) is 4.79 Å². The molecule has 2 aliphatic carbocycles. The van der Waals surface area contributed by atoms with E-state index in [2.05, 4.69) is 55.3 Å². The number of methoxy groups -OCH3 is 1. The molecule has 0 aromatic heterocycles. The molecule has 2 aromatic rings. The fourth-order valence-electron chi connectivity index (χ4n) is 7.66. The standard InChI is InChI=1S/C29H35NO3/c1-28(14-8-7-11-19-9-5-4-6-10-19)18-21-22-17-20-12-13-23(32-3)25-24(20)29(21,15-16-30(22)2)27(33-25)26(28)31/h4-6,9-10,12-13,21-22,27H,7-8,11,14-18H2,1-3H3/t21-,22+,27?,28+,29-/m0/s1. The van der Waals surface area contributed by atoms with E-state index in [1.165, 1.54) is 16.7 Å². The number of hydrogen-bond donors (Lipinski definition) is 0. The number of aryl methyl sites for hydroxylation is 1. The van der Waals surface area contributed by atoms with Crippen molar-refractivity contribution in [3.63, 3.8) is 0 Å². The molecule has 2 aromatic carbocycles. The minimum atomic E-state index is -0.364. The zero-order chi connectivity index (χ0) is 22.8. The number of hydrogen-bond acceptors (Lipinski definition) is 4. The monoisotopic (exact) mass is 445 g/mol. The van der Waals surface area contributed by atoms with Crippen LogP contribution in [-0.2, 0) is 23.1 Å². The van der Waals surface area contributed by atoms with Crippen molar-refractivity contribution in [1.29, 1.82) is 0 Å². The van der Waals surface area contributed by atoms with Gasteiger partial charge in [0, 0.05) is 22.4 Å². The first-order valence-electron chi connectivity index (χ1n) is 12.6. The number of unbranched alkanes of at least 4 members (excludes halogenated alkanes) is 1. The van der Waals surface area contributed by atoms with Gasteiger partial charge in [0.15, 0.2) is 23.4 Å². The lowest BCUT2D eigenvalue weighted by molar-refractivity contribution is -0.154. The number of carbonyl (C=O) groups is 1. The van der Waals surface area contributed by atoms with Crippen LogP contribution in [0.1, 0.15) is 55.7 Å². The number of carbonyl (C=O) groups excluding carboxylic acids is 1. The summed E-state index contributed by atoms with van der Waals surface area (Å²) in [4.78, 5) is 16.7. The van der Waals surface area contributed by atoms with Gasteiger partial charge in [0.05, 0.1) is 7.11 Å². The number of benzene rings is 2. The van der Waals surface area contributed by atoms with Crippen molar-refractivity contribution in [1.82, 2.24) is 4.90 Å². The Morgan fingerprint density at radius 3 is 2.76 bits per heavy atom. The molecule has 6 rings (SSSR count). The average molecular weight is 446 g/mol. The third-order valence-electron chi connectivity index (χ3n) is 9.39. The Kier molecular flexibility index (Phi) is 4.88. The van der Waals surface area contributed by atoms with Crippen LogP contribution >= 0.6 is 0 Å². The van der Waals surface area contributed by atoms with Gasteiger partial charge in [0.25, 0.3) is 0 Å². The van der Waals surface area contributed by atoms with E-state index in [1.807, 2.05) is 6.07 Å². The quantitative estimate of drug-likeness (QED) is 0.589. The van der Waals surface area contributed by atoms with Crippen molar-refractivity contribution in [2.75, 3.05) is 20.7 Å². The molecule has 1 spiro atoms. The Morgan fingerprint density at radius 1 is 1.15 bits per heavy atom. The number of ether oxygens (including phenoxy) is 2. The summed E-state index contributed by atoms with van der Waals surface area (Å²) in [6.07, 6.45) is 6.88. The second-order valence-corrected chi connectivity index (χ2v) is 11.1. The van der Waals surface area contributed by atoms with Gasteiger partial charge >= 0.3 is 0 Å². The molecule has 4 heteroatoms. The molecule has 33 heavy (non-hydrogen) atoms. The third kappa shape index (κ3) is 2.96. The highest BCUT2D eigenvalue weighted by molar-refractivity contribution is 5.93. The van der Waals surface area contributed by atoms with Crippen molar-refractivity contribution in [3.8, 4) is 11.5 Å². The van der Waals surface area contributed by atoms with Gasteiger partial charge in [-0.25, -0.2) is 0 Å². The molecule has 2 fully saturated rings. The van der Waals surface area contributed by atoms with E-state index < -0.39 is 0 Å². The molecule has 1 saturated heterocycles. The molecule has 2 heterocycles. The molecule has 1 saturated carbocycles. The largest absolute Gasteiger partial charge is 0.493 e. The molecule has 2 bridgehead atoms. The average Bonchev–Trinajstić information content (AvgIpc) is 3.17. The van der Waals surface area contributed by atoms with Crippen LogP contribution in [0.25, 0.3) is 0 Å². The number of likely N-dealkylation sites (N-methyl/N-ethyl adjacent to an activating group) is 1. The second kappa shape index (κ2) is 7.59. The van der Waals surface area contributed by atoms with E-state index in [0.29, 0.717) is 17.7 Å². The summed E-state index contributed by atoms with van der Waals surface area (Å²) in [6, 6.07) is 15.4. The van der Waals surface area contributed by atoms with Crippen molar-refractivity contribution in [3.05, 3.63) is 59.2 Å². The highest BCUT2D eigenvalue weighted by Gasteiger charge is 2.69. The second-order valence-electron chi connectivity index (χ2n) is 11.1. The maximum Gasteiger partial charge on any atom is 0.180 e. The highest BCUT2D eigenvalue weighted by atomic mass is 16.5. The van der Waals surface area contributed by atoms with Gasteiger partial charge < -0.3 is 14.4 Å². The SMILES string of the molecule is COc1ccc2c3c1OC1C(=O)[C@](C)(CCCCc4ccccc4)C[C@H]4[C@@H](C2)N(C)CC[C@]314. The molecule has 0 amide bonds. The molecular weight excluding hydrogens is 410 g/mol. The molecule has 0 radical (unpaired) electrons. The lowest BCUT2D eigenvalue weighted by atomic mass is 9.47. The fourth-order valence-corrected chi connectivity index (χ4v) is 7.66. The molecule has 2 aliphatic heterocycles. The van der Waals surface area contributed by atoms with Crippen LogP contribution in [0.3, 0.4) is 0 Å². The maximum absolute atomic E-state index is 14.1. The summed E-state index contributed by atoms with van der Waals surface area (Å²) in [5.41, 5.74) is 3.56. The number of likely N-dealkylation sites (tertiary alicyclic amines) is 1. The molecular formula is C29H35NO3. The zero-order valence-electron chi connectivity index (χ0n) is 20.1. The number of Topliss-reactive ketones (excluding diaryl/α,β-unsaturated/α-hetero) is 1. The van der Waals surface area contributed by atoms with E-state index in [4.69, 9.17) is 9.47 Å². The van der Waals surface area contributed by atoms with E-state index >= 15 is 0 Å². The Hall–Kier alpha value is -2.33. The van der Waals surface area contributed by atoms with Crippen LogP contribution in [0.15, 0.2) is 42.5 Å². The van der Waals surface area contributed by atoms with Crippen LogP contribution in [0.2, 0.25) is 0 Å². The molecule has 4 nitrogen and oxygen atoms in total. The van der Waals surface area contributed by atoms with Crippen molar-refractivity contribution in [2.24, 2.45) is 11.3 Å². The van der Waals surface area contributed by atoms with Gasteiger partial charge in [0.1, 0.15) is 0 Å². The molecule has 5 atom stereocenters. The maximum atomic E-state index is 14.1. The number of nitrogens with zero attached hydrogens (tertiary/aromatic N) is 1. The molecule has 4 aliphatic rings. The zero-order valence-corrected chi connectivity index (χ0v) is 20.1. The van der Waals surface area contributed by atoms with E-state index in [0.717, 1.165) is 63.0 Å². The lowest BCUT2D eigenvalue weighted by Crippen LogP contribution is -2.68. The smallest absolute Gasteiger partial charge is 0.180 e. The van der Waals surface area contributed by atoms with Gasteiger partial charge in [-0.05, 0) is 75.2 Å². The minimum absolute atomic E-state index is 0.171. The van der Waals surface area contributed by atoms with Crippen LogP contribution in [0.4, 0.5) is 0 Å². The van der Waals surface area contributed by atoms with Crippen molar-refractivity contribution >= 4 is 5.78 Å². The summed E-state index contributed by atoms with van der Waals surface area (Å²) < 4.78 is 12.3. The molecule has 1 unspecified atom stereocenters. The summed E-state index contributed by atoms with van der Waals surface area (Å²) in [5.74, 6) is 2.42. The van der Waals surface area contributed by atoms with Gasteiger partial charge in [-0.2, -0.15) is 0 Å². The minimum Gasteiger partial charge on any atom is -0.493 e. The number of piperidine rings is 1. The summed E-state index contributed by atoms with van der Waals surface area (Å²) in [7, 11) is 3.98. The van der Waals surface area contributed by atoms with Crippen LogP contribution in [0, 0.1) is 11.3 Å². The van der Waals surface area contributed by atoms with E-state index in [1.54, 1.807) is 7.11 Å². The van der Waals surface area contributed by atoms with Gasteiger partial charge in [-0.3, -0.25) is 4.79 Å². The number of rotatable bonds is 6. The third-order valence-corrected chi connectivity index (χ3v) is 9.39. The summed E-state index contributed by atoms with van der Waals surface area (Å²) in [6.45, 7) is 3.25. The van der Waals surface area contributed by atoms with Gasteiger partial charge in [0.2, 0.25) is 0 Å². The highest BCUT2D eigenvalue weighted by Crippen LogP contribution is 2.65. The fraction of sp³-hybridized carbons (Fsp3) is 0.552. The van der Waals surface area contributed by atoms with Gasteiger partial charge in [-0.1, -0.05) is 49.7 Å². The van der Waals surface area contributed by atoms with Crippen molar-refractivity contribution < 1.29 is 14.3 Å². The van der Waals surface area contributed by atoms with Crippen molar-refractivity contribution in [2.45, 2.75) is 69.4 Å². The number of ketones is 1. The van der Waals surface area contributed by atoms with Crippen LogP contribution < -0.4 is 9.47 Å². The molecule has 0 N–H and O–H groups in total. The normalized spacial score (nSPS) is 34.0. The predicted molar refractivity (Wildman–Crippen MR) is 129 cm³/mol. The first-order chi connectivity index (χ1) is 16.0. The Labute approximate surface area is 197 Å². The van der Waals surface area contributed by atoms with Gasteiger partial charge in [-0.15, -0.1) is 0 Å². The topological polar surface area (TPSA) is 38.8 Å². The lowest BCUT2D eigenvalue weighted by Gasteiger charge is -2.60.